The maximum atomic E-state index is 13.9. The number of fused-ring (bicyclic) bond motifs is 1. The highest BCUT2D eigenvalue weighted by Gasteiger charge is 2.16. The Kier molecular flexibility index (Phi) is 4.48. The SMILES string of the molecule is Cc1ccc(-c2noc(Cn3nc(-c4cccs4)c4ccccc4c3=O)n2)cc1F. The molecule has 0 unspecified atom stereocenters. The molecule has 5 rings (SSSR count). The van der Waals surface area contributed by atoms with Gasteiger partial charge in [0.25, 0.3) is 5.56 Å². The molecule has 8 heteroatoms. The molecule has 0 aliphatic heterocycles. The van der Waals surface area contributed by atoms with Crippen molar-refractivity contribution in [3.8, 4) is 22.0 Å². The summed E-state index contributed by atoms with van der Waals surface area (Å²) in [6.45, 7) is 1.70. The number of thiophene rings is 1. The minimum atomic E-state index is -0.341. The van der Waals surface area contributed by atoms with Gasteiger partial charge in [-0.25, -0.2) is 9.07 Å². The quantitative estimate of drug-likeness (QED) is 0.424. The molecule has 0 spiro atoms. The fraction of sp³-hybridized carbons (Fsp3) is 0.0909. The van der Waals surface area contributed by atoms with Crippen LogP contribution in [-0.2, 0) is 6.54 Å². The van der Waals surface area contributed by atoms with Gasteiger partial charge in [-0.15, -0.1) is 11.3 Å². The van der Waals surface area contributed by atoms with Crippen molar-refractivity contribution in [3.63, 3.8) is 0 Å². The number of rotatable bonds is 4. The van der Waals surface area contributed by atoms with Gasteiger partial charge in [0, 0.05) is 10.9 Å². The van der Waals surface area contributed by atoms with Crippen LogP contribution in [0.15, 0.2) is 69.3 Å². The number of halogens is 1. The summed E-state index contributed by atoms with van der Waals surface area (Å²) in [6, 6.07) is 16.0. The first kappa shape index (κ1) is 18.4. The molecule has 3 heterocycles. The topological polar surface area (TPSA) is 73.8 Å². The maximum absolute atomic E-state index is 13.9. The molecule has 0 saturated heterocycles. The van der Waals surface area contributed by atoms with Crippen LogP contribution in [0, 0.1) is 12.7 Å². The second-order valence-electron chi connectivity index (χ2n) is 6.81. The highest BCUT2D eigenvalue weighted by molar-refractivity contribution is 7.13. The van der Waals surface area contributed by atoms with E-state index in [2.05, 4.69) is 15.2 Å². The van der Waals surface area contributed by atoms with Crippen molar-refractivity contribution in [2.75, 3.05) is 0 Å². The first-order valence-electron chi connectivity index (χ1n) is 9.23. The predicted molar refractivity (Wildman–Crippen MR) is 113 cm³/mol. The lowest BCUT2D eigenvalue weighted by Gasteiger charge is -2.08. The summed E-state index contributed by atoms with van der Waals surface area (Å²) >= 11 is 1.55. The molecule has 0 atom stereocenters. The van der Waals surface area contributed by atoms with Gasteiger partial charge in [-0.1, -0.05) is 41.6 Å². The van der Waals surface area contributed by atoms with Gasteiger partial charge >= 0.3 is 0 Å². The molecule has 0 aliphatic rings. The minimum Gasteiger partial charge on any atom is -0.337 e. The number of nitrogens with zero attached hydrogens (tertiary/aromatic N) is 4. The first-order chi connectivity index (χ1) is 14.6. The molecular weight excluding hydrogens is 403 g/mol. The average Bonchev–Trinajstić information content (AvgIpc) is 3.45. The predicted octanol–water partition coefficient (Wildman–Crippen LogP) is 4.67. The number of aryl methyl sites for hydroxylation is 1. The third kappa shape index (κ3) is 3.21. The Morgan fingerprint density at radius 2 is 1.93 bits per heavy atom. The van der Waals surface area contributed by atoms with Crippen molar-refractivity contribution in [1.29, 1.82) is 0 Å². The second-order valence-corrected chi connectivity index (χ2v) is 7.76. The largest absolute Gasteiger partial charge is 0.337 e. The summed E-state index contributed by atoms with van der Waals surface area (Å²) in [5.74, 6) is 0.135. The summed E-state index contributed by atoms with van der Waals surface area (Å²) in [4.78, 5) is 18.3. The number of hydrogen-bond donors (Lipinski definition) is 0. The summed E-state index contributed by atoms with van der Waals surface area (Å²) < 4.78 is 20.5. The number of benzene rings is 2. The summed E-state index contributed by atoms with van der Waals surface area (Å²) in [6.07, 6.45) is 0. The van der Waals surface area contributed by atoms with Gasteiger partial charge in [0.05, 0.1) is 10.3 Å². The zero-order valence-corrected chi connectivity index (χ0v) is 16.7. The normalized spacial score (nSPS) is 11.3. The highest BCUT2D eigenvalue weighted by Crippen LogP contribution is 2.28. The molecule has 0 N–H and O–H groups in total. The Morgan fingerprint density at radius 3 is 2.70 bits per heavy atom. The van der Waals surface area contributed by atoms with Crippen molar-refractivity contribution in [3.05, 3.63) is 87.6 Å². The van der Waals surface area contributed by atoms with Gasteiger partial charge < -0.3 is 4.52 Å². The van der Waals surface area contributed by atoms with Crippen LogP contribution in [0.4, 0.5) is 4.39 Å². The van der Waals surface area contributed by atoms with Crippen LogP contribution in [0.3, 0.4) is 0 Å². The van der Waals surface area contributed by atoms with E-state index in [-0.39, 0.29) is 29.6 Å². The molecule has 0 radical (unpaired) electrons. The van der Waals surface area contributed by atoms with E-state index in [4.69, 9.17) is 4.52 Å². The summed E-state index contributed by atoms with van der Waals surface area (Å²) in [7, 11) is 0. The number of aromatic nitrogens is 4. The Morgan fingerprint density at radius 1 is 1.10 bits per heavy atom. The standard InChI is InChI=1S/C22H15FN4O2S/c1-13-8-9-14(11-17(13)23)21-24-19(29-26-21)12-27-22(28)16-6-3-2-5-15(16)20(25-27)18-7-4-10-30-18/h2-11H,12H2,1H3. The van der Waals surface area contributed by atoms with E-state index in [1.54, 1.807) is 36.5 Å². The Hall–Kier alpha value is -3.65. The van der Waals surface area contributed by atoms with Gasteiger partial charge in [-0.2, -0.15) is 10.1 Å². The van der Waals surface area contributed by atoms with Gasteiger partial charge in [-0.05, 0) is 36.1 Å². The monoisotopic (exact) mass is 418 g/mol. The Balaban J connectivity index is 1.56. The molecular formula is C22H15FN4O2S. The molecule has 6 nitrogen and oxygen atoms in total. The van der Waals surface area contributed by atoms with Gasteiger partial charge in [-0.3, -0.25) is 4.79 Å². The van der Waals surface area contributed by atoms with E-state index in [1.165, 1.54) is 10.7 Å². The molecule has 2 aromatic carbocycles. The molecule has 0 fully saturated rings. The summed E-state index contributed by atoms with van der Waals surface area (Å²) in [5.41, 5.74) is 1.52. The lowest BCUT2D eigenvalue weighted by atomic mass is 10.1. The molecule has 148 valence electrons. The lowest BCUT2D eigenvalue weighted by Crippen LogP contribution is -2.24. The Bertz CT molecular complexity index is 1420. The molecule has 5 aromatic rings. The fourth-order valence-corrected chi connectivity index (χ4v) is 3.96. The third-order valence-electron chi connectivity index (χ3n) is 4.81. The van der Waals surface area contributed by atoms with Gasteiger partial charge in [0.15, 0.2) is 0 Å². The fourth-order valence-electron chi connectivity index (χ4n) is 3.23. The van der Waals surface area contributed by atoms with E-state index in [0.29, 0.717) is 16.5 Å². The zero-order chi connectivity index (χ0) is 20.7. The van der Waals surface area contributed by atoms with Crippen LogP contribution in [0.25, 0.3) is 32.7 Å². The van der Waals surface area contributed by atoms with Crippen molar-refractivity contribution in [2.24, 2.45) is 0 Å². The molecule has 0 amide bonds. The molecule has 30 heavy (non-hydrogen) atoms. The van der Waals surface area contributed by atoms with Crippen LogP contribution in [-0.4, -0.2) is 19.9 Å². The van der Waals surface area contributed by atoms with E-state index >= 15 is 0 Å². The highest BCUT2D eigenvalue weighted by atomic mass is 32.1. The van der Waals surface area contributed by atoms with E-state index in [1.807, 2.05) is 35.7 Å². The number of hydrogen-bond acceptors (Lipinski definition) is 6. The van der Waals surface area contributed by atoms with Crippen LogP contribution >= 0.6 is 11.3 Å². The van der Waals surface area contributed by atoms with E-state index in [9.17, 15) is 9.18 Å². The van der Waals surface area contributed by atoms with Crippen molar-refractivity contribution in [2.45, 2.75) is 13.5 Å². The average molecular weight is 418 g/mol. The van der Waals surface area contributed by atoms with Crippen LogP contribution in [0.1, 0.15) is 11.5 Å². The summed E-state index contributed by atoms with van der Waals surface area (Å²) in [5, 5.41) is 11.8. The van der Waals surface area contributed by atoms with Crippen molar-refractivity contribution >= 4 is 22.1 Å². The first-order valence-corrected chi connectivity index (χ1v) is 10.1. The lowest BCUT2D eigenvalue weighted by molar-refractivity contribution is 0.364. The second kappa shape index (κ2) is 7.31. The molecule has 0 saturated carbocycles. The van der Waals surface area contributed by atoms with Crippen LogP contribution < -0.4 is 5.56 Å². The van der Waals surface area contributed by atoms with Gasteiger partial charge in [0.2, 0.25) is 11.7 Å². The van der Waals surface area contributed by atoms with Gasteiger partial charge in [0.1, 0.15) is 18.1 Å². The zero-order valence-electron chi connectivity index (χ0n) is 15.9. The molecule has 0 bridgehead atoms. The molecule has 3 aromatic heterocycles. The van der Waals surface area contributed by atoms with Crippen LogP contribution in [0.5, 0.6) is 0 Å². The third-order valence-corrected chi connectivity index (χ3v) is 5.68. The van der Waals surface area contributed by atoms with E-state index < -0.39 is 0 Å². The van der Waals surface area contributed by atoms with Crippen molar-refractivity contribution < 1.29 is 8.91 Å². The van der Waals surface area contributed by atoms with Crippen LogP contribution in [0.2, 0.25) is 0 Å². The maximum Gasteiger partial charge on any atom is 0.275 e. The smallest absolute Gasteiger partial charge is 0.275 e. The molecule has 0 aliphatic carbocycles. The van der Waals surface area contributed by atoms with Crippen molar-refractivity contribution in [1.82, 2.24) is 19.9 Å². The van der Waals surface area contributed by atoms with E-state index in [0.717, 1.165) is 16.0 Å². The minimum absolute atomic E-state index is 0.0172. The Labute approximate surface area is 174 Å².